The van der Waals surface area contributed by atoms with E-state index in [9.17, 15) is 9.90 Å². The second-order valence-corrected chi connectivity index (χ2v) is 7.69. The fourth-order valence-electron chi connectivity index (χ4n) is 3.74. The van der Waals surface area contributed by atoms with Crippen molar-refractivity contribution in [3.8, 4) is 17.2 Å². The van der Waals surface area contributed by atoms with Gasteiger partial charge >= 0.3 is 0 Å². The lowest BCUT2D eigenvalue weighted by Crippen LogP contribution is -2.15. The minimum atomic E-state index is -0.0145. The standard InChI is InChI=1S/C23H36O4/c1-3-5-7-9-10-12-14-18(13-11-8-6-4-2)23(25)19-15-21-22(16-20(19)24)27-17-26-21/h15-16,18,24H,3-14,17H2,1-2H3. The zero-order valence-electron chi connectivity index (χ0n) is 17.1. The van der Waals surface area contributed by atoms with Crippen molar-refractivity contribution < 1.29 is 19.4 Å². The molecule has 0 spiro atoms. The Morgan fingerprint density at radius 2 is 1.41 bits per heavy atom. The summed E-state index contributed by atoms with van der Waals surface area (Å²) in [5.74, 6) is 1.11. The molecule has 4 heteroatoms. The highest BCUT2D eigenvalue weighted by Gasteiger charge is 2.25. The summed E-state index contributed by atoms with van der Waals surface area (Å²) in [7, 11) is 0. The van der Waals surface area contributed by atoms with Crippen molar-refractivity contribution in [2.24, 2.45) is 5.92 Å². The van der Waals surface area contributed by atoms with Gasteiger partial charge in [-0.1, -0.05) is 78.1 Å². The molecular weight excluding hydrogens is 340 g/mol. The number of carbonyl (C=O) groups is 1. The summed E-state index contributed by atoms with van der Waals surface area (Å²) < 4.78 is 10.7. The molecule has 0 saturated carbocycles. The van der Waals surface area contributed by atoms with Crippen LogP contribution in [0.1, 0.15) is 101 Å². The van der Waals surface area contributed by atoms with Gasteiger partial charge in [-0.3, -0.25) is 4.79 Å². The van der Waals surface area contributed by atoms with Crippen LogP contribution in [0.4, 0.5) is 0 Å². The Labute approximate surface area is 164 Å². The minimum Gasteiger partial charge on any atom is -0.507 e. The Balaban J connectivity index is 1.97. The molecule has 1 aliphatic heterocycles. The molecule has 1 heterocycles. The average Bonchev–Trinajstić information content (AvgIpc) is 3.12. The van der Waals surface area contributed by atoms with Gasteiger partial charge in [0.2, 0.25) is 6.79 Å². The Kier molecular flexibility index (Phi) is 9.51. The van der Waals surface area contributed by atoms with Gasteiger partial charge < -0.3 is 14.6 Å². The van der Waals surface area contributed by atoms with Gasteiger partial charge in [-0.15, -0.1) is 0 Å². The minimum absolute atomic E-state index is 0.00533. The quantitative estimate of drug-likeness (QED) is 0.292. The van der Waals surface area contributed by atoms with E-state index in [0.717, 1.165) is 25.7 Å². The largest absolute Gasteiger partial charge is 0.507 e. The molecule has 1 atom stereocenters. The van der Waals surface area contributed by atoms with Gasteiger partial charge in [0, 0.05) is 12.0 Å². The van der Waals surface area contributed by atoms with E-state index in [1.165, 1.54) is 57.4 Å². The van der Waals surface area contributed by atoms with Crippen molar-refractivity contribution in [2.45, 2.75) is 90.9 Å². The predicted octanol–water partition coefficient (Wildman–Crippen LogP) is 6.64. The second kappa shape index (κ2) is 11.9. The van der Waals surface area contributed by atoms with Crippen LogP contribution in [0.2, 0.25) is 0 Å². The van der Waals surface area contributed by atoms with E-state index in [1.807, 2.05) is 0 Å². The van der Waals surface area contributed by atoms with Crippen LogP contribution in [0, 0.1) is 5.92 Å². The number of benzene rings is 1. The topological polar surface area (TPSA) is 55.8 Å². The van der Waals surface area contributed by atoms with Crippen LogP contribution in [-0.2, 0) is 0 Å². The molecular formula is C23H36O4. The first kappa shape index (κ1) is 21.6. The lowest BCUT2D eigenvalue weighted by atomic mass is 9.87. The molecule has 0 saturated heterocycles. The third-order valence-electron chi connectivity index (χ3n) is 5.44. The van der Waals surface area contributed by atoms with Crippen LogP contribution >= 0.6 is 0 Å². The smallest absolute Gasteiger partial charge is 0.231 e. The van der Waals surface area contributed by atoms with E-state index in [4.69, 9.17) is 9.47 Å². The highest BCUT2D eigenvalue weighted by atomic mass is 16.7. The predicted molar refractivity (Wildman–Crippen MR) is 109 cm³/mol. The van der Waals surface area contributed by atoms with Gasteiger partial charge in [-0.25, -0.2) is 0 Å². The summed E-state index contributed by atoms with van der Waals surface area (Å²) in [5.41, 5.74) is 0.380. The lowest BCUT2D eigenvalue weighted by Gasteiger charge is -2.17. The number of Topliss-reactive ketones (excluding diaryl/α,β-unsaturated/α-hetero) is 1. The van der Waals surface area contributed by atoms with E-state index >= 15 is 0 Å². The van der Waals surface area contributed by atoms with Gasteiger partial charge in [0.25, 0.3) is 0 Å². The maximum atomic E-state index is 13.1. The summed E-state index contributed by atoms with van der Waals surface area (Å²) in [6.07, 6.45) is 13.8. The molecule has 27 heavy (non-hydrogen) atoms. The van der Waals surface area contributed by atoms with Crippen LogP contribution in [0.15, 0.2) is 12.1 Å². The maximum Gasteiger partial charge on any atom is 0.231 e. The zero-order valence-corrected chi connectivity index (χ0v) is 17.1. The number of ketones is 1. The first-order valence-corrected chi connectivity index (χ1v) is 10.8. The van der Waals surface area contributed by atoms with Crippen LogP contribution < -0.4 is 9.47 Å². The van der Waals surface area contributed by atoms with Crippen LogP contribution in [0.3, 0.4) is 0 Å². The van der Waals surface area contributed by atoms with Crippen molar-refractivity contribution in [1.29, 1.82) is 0 Å². The van der Waals surface area contributed by atoms with E-state index in [-0.39, 0.29) is 24.2 Å². The highest BCUT2D eigenvalue weighted by molar-refractivity contribution is 6.01. The highest BCUT2D eigenvalue weighted by Crippen LogP contribution is 2.39. The van der Waals surface area contributed by atoms with Gasteiger partial charge in [-0.2, -0.15) is 0 Å². The number of carbonyl (C=O) groups excluding carboxylic acids is 1. The number of rotatable bonds is 14. The first-order valence-electron chi connectivity index (χ1n) is 10.8. The van der Waals surface area contributed by atoms with Crippen LogP contribution in [0.25, 0.3) is 0 Å². The van der Waals surface area contributed by atoms with E-state index in [0.29, 0.717) is 17.1 Å². The van der Waals surface area contributed by atoms with Crippen molar-refractivity contribution in [1.82, 2.24) is 0 Å². The fraction of sp³-hybridized carbons (Fsp3) is 0.696. The van der Waals surface area contributed by atoms with Crippen molar-refractivity contribution in [3.05, 3.63) is 17.7 Å². The number of ether oxygens (including phenoxy) is 2. The molecule has 1 aliphatic rings. The summed E-state index contributed by atoms with van der Waals surface area (Å²) in [5, 5.41) is 10.3. The Hall–Kier alpha value is -1.71. The van der Waals surface area contributed by atoms with Gasteiger partial charge in [0.1, 0.15) is 5.75 Å². The van der Waals surface area contributed by atoms with Gasteiger partial charge in [0.05, 0.1) is 5.56 Å². The SMILES string of the molecule is CCCCCCCCC(CCCCCC)C(=O)c1cc2c(cc1O)OCO2. The number of phenolic OH excluding ortho intramolecular Hbond substituents is 1. The monoisotopic (exact) mass is 376 g/mol. The van der Waals surface area contributed by atoms with Crippen molar-refractivity contribution >= 4 is 5.78 Å². The van der Waals surface area contributed by atoms with Gasteiger partial charge in [-0.05, 0) is 18.9 Å². The summed E-state index contributed by atoms with van der Waals surface area (Å²) >= 11 is 0. The second-order valence-electron chi connectivity index (χ2n) is 7.69. The van der Waals surface area contributed by atoms with E-state index in [1.54, 1.807) is 6.07 Å². The number of phenols is 1. The third-order valence-corrected chi connectivity index (χ3v) is 5.44. The average molecular weight is 377 g/mol. The zero-order chi connectivity index (χ0) is 19.5. The molecule has 1 aromatic rings. The molecule has 0 fully saturated rings. The van der Waals surface area contributed by atoms with Crippen molar-refractivity contribution in [2.75, 3.05) is 6.79 Å². The molecule has 0 aliphatic carbocycles. The fourth-order valence-corrected chi connectivity index (χ4v) is 3.74. The Morgan fingerprint density at radius 3 is 2.04 bits per heavy atom. The first-order chi connectivity index (χ1) is 13.2. The Morgan fingerprint density at radius 1 is 0.889 bits per heavy atom. The van der Waals surface area contributed by atoms with Crippen molar-refractivity contribution in [3.63, 3.8) is 0 Å². The molecule has 2 rings (SSSR count). The van der Waals surface area contributed by atoms with Crippen LogP contribution in [0.5, 0.6) is 17.2 Å². The number of aromatic hydroxyl groups is 1. The lowest BCUT2D eigenvalue weighted by molar-refractivity contribution is 0.0898. The molecule has 152 valence electrons. The van der Waals surface area contributed by atoms with E-state index in [2.05, 4.69) is 13.8 Å². The molecule has 1 N–H and O–H groups in total. The Bertz CT molecular complexity index is 582. The third kappa shape index (κ3) is 6.75. The molecule has 0 bridgehead atoms. The number of hydrogen-bond acceptors (Lipinski definition) is 4. The molecule has 4 nitrogen and oxygen atoms in total. The van der Waals surface area contributed by atoms with Crippen LogP contribution in [-0.4, -0.2) is 17.7 Å². The molecule has 1 unspecified atom stereocenters. The number of unbranched alkanes of at least 4 members (excludes halogenated alkanes) is 8. The number of hydrogen-bond donors (Lipinski definition) is 1. The summed E-state index contributed by atoms with van der Waals surface area (Å²) in [6.45, 7) is 4.57. The maximum absolute atomic E-state index is 13.1. The molecule has 0 amide bonds. The molecule has 1 aromatic carbocycles. The summed E-state index contributed by atoms with van der Waals surface area (Å²) in [6, 6.07) is 3.16. The molecule has 0 aromatic heterocycles. The van der Waals surface area contributed by atoms with E-state index < -0.39 is 0 Å². The number of fused-ring (bicyclic) bond motifs is 1. The normalized spacial score (nSPS) is 13.7. The molecule has 0 radical (unpaired) electrons. The van der Waals surface area contributed by atoms with Gasteiger partial charge in [0.15, 0.2) is 17.3 Å². The summed E-state index contributed by atoms with van der Waals surface area (Å²) in [4.78, 5) is 13.1.